The topological polar surface area (TPSA) is 72.2 Å². The zero-order valence-electron chi connectivity index (χ0n) is 10.1. The van der Waals surface area contributed by atoms with Crippen LogP contribution in [0.2, 0.25) is 0 Å². The summed E-state index contributed by atoms with van der Waals surface area (Å²) >= 11 is 0. The summed E-state index contributed by atoms with van der Waals surface area (Å²) in [5.74, 6) is 1.42. The smallest absolute Gasteiger partial charge is 0.212 e. The van der Waals surface area contributed by atoms with E-state index >= 15 is 0 Å². The molecule has 0 aromatic rings. The molecule has 4 nitrogen and oxygen atoms in total. The van der Waals surface area contributed by atoms with Gasteiger partial charge in [0.1, 0.15) is 0 Å². The first-order valence-corrected chi connectivity index (χ1v) is 7.90. The fourth-order valence-corrected chi connectivity index (χ4v) is 3.26. The van der Waals surface area contributed by atoms with Gasteiger partial charge in [-0.2, -0.15) is 0 Å². The van der Waals surface area contributed by atoms with Crippen molar-refractivity contribution < 1.29 is 8.42 Å². The van der Waals surface area contributed by atoms with Crippen LogP contribution in [0.15, 0.2) is 0 Å². The van der Waals surface area contributed by atoms with E-state index in [1.165, 1.54) is 19.3 Å². The Morgan fingerprint density at radius 3 is 2.25 bits per heavy atom. The number of sulfonamides is 1. The molecule has 0 bridgehead atoms. The summed E-state index contributed by atoms with van der Waals surface area (Å²) in [6, 6.07) is 0. The second kappa shape index (κ2) is 6.57. The summed E-state index contributed by atoms with van der Waals surface area (Å²) < 4.78 is 25.5. The molecule has 0 amide bonds. The first kappa shape index (κ1) is 13.9. The fourth-order valence-electron chi connectivity index (χ4n) is 2.32. The van der Waals surface area contributed by atoms with Crippen LogP contribution in [0.4, 0.5) is 0 Å². The van der Waals surface area contributed by atoms with Crippen LogP contribution in [0.5, 0.6) is 0 Å². The van der Waals surface area contributed by atoms with Crippen LogP contribution < -0.4 is 10.5 Å². The molecule has 0 atom stereocenters. The molecule has 1 aliphatic carbocycles. The molecule has 1 rings (SSSR count). The Hall–Kier alpha value is -0.130. The molecule has 16 heavy (non-hydrogen) atoms. The molecule has 0 spiro atoms. The van der Waals surface area contributed by atoms with Gasteiger partial charge in [-0.25, -0.2) is 13.1 Å². The molecule has 0 aromatic heterocycles. The molecule has 1 saturated carbocycles. The predicted octanol–water partition coefficient (Wildman–Crippen LogP) is 1.08. The third-order valence-electron chi connectivity index (χ3n) is 3.52. The van der Waals surface area contributed by atoms with Crippen LogP contribution in [0.25, 0.3) is 0 Å². The minimum absolute atomic E-state index is 0.0390. The van der Waals surface area contributed by atoms with Gasteiger partial charge < -0.3 is 5.73 Å². The van der Waals surface area contributed by atoms with E-state index in [1.807, 2.05) is 0 Å². The summed E-state index contributed by atoms with van der Waals surface area (Å²) in [4.78, 5) is 0. The summed E-state index contributed by atoms with van der Waals surface area (Å²) in [5.41, 5.74) is 5.24. The zero-order chi connectivity index (χ0) is 12.0. The Bertz CT molecular complexity index is 282. The average molecular weight is 248 g/mol. The van der Waals surface area contributed by atoms with E-state index in [4.69, 9.17) is 5.73 Å². The van der Waals surface area contributed by atoms with Gasteiger partial charge >= 0.3 is 0 Å². The van der Waals surface area contributed by atoms with Crippen molar-refractivity contribution in [3.8, 4) is 0 Å². The van der Waals surface area contributed by atoms with Crippen molar-refractivity contribution >= 4 is 10.0 Å². The average Bonchev–Trinajstić information content (AvgIpc) is 2.27. The number of hydrogen-bond acceptors (Lipinski definition) is 3. The van der Waals surface area contributed by atoms with Crippen LogP contribution in [0.1, 0.15) is 39.0 Å². The van der Waals surface area contributed by atoms with Gasteiger partial charge in [-0.15, -0.1) is 0 Å². The van der Waals surface area contributed by atoms with E-state index in [1.54, 1.807) is 0 Å². The number of hydrogen-bond donors (Lipinski definition) is 2. The van der Waals surface area contributed by atoms with E-state index in [-0.39, 0.29) is 12.3 Å². The van der Waals surface area contributed by atoms with Gasteiger partial charge in [0.25, 0.3) is 0 Å². The molecule has 1 fully saturated rings. The standard InChI is InChI=1S/C11H24N2O2S/c1-2-10-3-5-11(6-4-10)9-13-16(14,15)8-7-12/h10-11,13H,2-9,12H2,1H3. The highest BCUT2D eigenvalue weighted by Gasteiger charge is 2.21. The summed E-state index contributed by atoms with van der Waals surface area (Å²) in [6.07, 6.45) is 6.07. The van der Waals surface area contributed by atoms with Crippen molar-refractivity contribution in [3.05, 3.63) is 0 Å². The lowest BCUT2D eigenvalue weighted by Gasteiger charge is -2.27. The maximum Gasteiger partial charge on any atom is 0.212 e. The number of rotatable bonds is 6. The van der Waals surface area contributed by atoms with E-state index < -0.39 is 10.0 Å². The third-order valence-corrected chi connectivity index (χ3v) is 4.90. The van der Waals surface area contributed by atoms with Crippen molar-refractivity contribution in [2.24, 2.45) is 17.6 Å². The van der Waals surface area contributed by atoms with E-state index in [0.717, 1.165) is 18.8 Å². The highest BCUT2D eigenvalue weighted by atomic mass is 32.2. The first-order chi connectivity index (χ1) is 7.57. The van der Waals surface area contributed by atoms with Gasteiger partial charge in [0.05, 0.1) is 5.75 Å². The molecule has 5 heteroatoms. The number of nitrogens with two attached hydrogens (primary N) is 1. The van der Waals surface area contributed by atoms with Crippen LogP contribution >= 0.6 is 0 Å². The van der Waals surface area contributed by atoms with Crippen molar-refractivity contribution in [1.82, 2.24) is 4.72 Å². The van der Waals surface area contributed by atoms with Gasteiger partial charge in [0, 0.05) is 13.1 Å². The maximum atomic E-state index is 11.4. The quantitative estimate of drug-likeness (QED) is 0.739. The molecular weight excluding hydrogens is 224 g/mol. The van der Waals surface area contributed by atoms with Gasteiger partial charge in [-0.05, 0) is 24.7 Å². The highest BCUT2D eigenvalue weighted by molar-refractivity contribution is 7.89. The van der Waals surface area contributed by atoms with Gasteiger partial charge in [0.15, 0.2) is 0 Å². The lowest BCUT2D eigenvalue weighted by atomic mass is 9.81. The normalized spacial score (nSPS) is 26.9. The second-order valence-corrected chi connectivity index (χ2v) is 6.68. The van der Waals surface area contributed by atoms with Crippen LogP contribution in [0, 0.1) is 11.8 Å². The first-order valence-electron chi connectivity index (χ1n) is 6.24. The molecule has 0 unspecified atom stereocenters. The Morgan fingerprint density at radius 1 is 1.19 bits per heavy atom. The van der Waals surface area contributed by atoms with Gasteiger partial charge in [-0.1, -0.05) is 26.2 Å². The minimum atomic E-state index is -3.13. The molecule has 1 aliphatic rings. The van der Waals surface area contributed by atoms with Crippen LogP contribution in [0.3, 0.4) is 0 Å². The zero-order valence-corrected chi connectivity index (χ0v) is 10.9. The summed E-state index contributed by atoms with van der Waals surface area (Å²) in [6.45, 7) is 3.02. The Morgan fingerprint density at radius 2 is 1.75 bits per heavy atom. The minimum Gasteiger partial charge on any atom is -0.329 e. The van der Waals surface area contributed by atoms with Crippen LogP contribution in [-0.4, -0.2) is 27.3 Å². The Balaban J connectivity index is 2.24. The molecule has 96 valence electrons. The lowest BCUT2D eigenvalue weighted by Crippen LogP contribution is -2.34. The van der Waals surface area contributed by atoms with Gasteiger partial charge in [-0.3, -0.25) is 0 Å². The van der Waals surface area contributed by atoms with Crippen molar-refractivity contribution in [2.75, 3.05) is 18.8 Å². The molecule has 0 radical (unpaired) electrons. The molecule has 3 N–H and O–H groups in total. The summed E-state index contributed by atoms with van der Waals surface area (Å²) in [7, 11) is -3.13. The molecule has 0 saturated heterocycles. The highest BCUT2D eigenvalue weighted by Crippen LogP contribution is 2.30. The molecule has 0 aliphatic heterocycles. The van der Waals surface area contributed by atoms with E-state index in [9.17, 15) is 8.42 Å². The Kier molecular flexibility index (Phi) is 5.72. The van der Waals surface area contributed by atoms with Crippen molar-refractivity contribution in [2.45, 2.75) is 39.0 Å². The van der Waals surface area contributed by atoms with Crippen molar-refractivity contribution in [3.63, 3.8) is 0 Å². The monoisotopic (exact) mass is 248 g/mol. The SMILES string of the molecule is CCC1CCC(CNS(=O)(=O)CCN)CC1. The molecular formula is C11H24N2O2S. The fraction of sp³-hybridized carbons (Fsp3) is 1.00. The lowest BCUT2D eigenvalue weighted by molar-refractivity contribution is 0.270. The predicted molar refractivity (Wildman–Crippen MR) is 66.6 cm³/mol. The maximum absolute atomic E-state index is 11.4. The van der Waals surface area contributed by atoms with Crippen molar-refractivity contribution in [1.29, 1.82) is 0 Å². The second-order valence-electron chi connectivity index (χ2n) is 4.75. The summed E-state index contributed by atoms with van der Waals surface area (Å²) in [5, 5.41) is 0. The molecule has 0 heterocycles. The van der Waals surface area contributed by atoms with E-state index in [2.05, 4.69) is 11.6 Å². The van der Waals surface area contributed by atoms with Crippen LogP contribution in [-0.2, 0) is 10.0 Å². The largest absolute Gasteiger partial charge is 0.329 e. The molecule has 0 aromatic carbocycles. The Labute approximate surface area is 99.0 Å². The van der Waals surface area contributed by atoms with Gasteiger partial charge in [0.2, 0.25) is 10.0 Å². The van der Waals surface area contributed by atoms with E-state index in [0.29, 0.717) is 12.5 Å². The third kappa shape index (κ3) is 4.80. The number of nitrogens with one attached hydrogen (secondary N) is 1.